The van der Waals surface area contributed by atoms with E-state index in [-0.39, 0.29) is 0 Å². The van der Waals surface area contributed by atoms with Crippen molar-refractivity contribution in [2.24, 2.45) is 5.92 Å². The Bertz CT molecular complexity index is 191. The first-order chi connectivity index (χ1) is 5.74. The molecule has 2 atom stereocenters. The van der Waals surface area contributed by atoms with E-state index in [4.69, 9.17) is 0 Å². The number of hydrogen-bond acceptors (Lipinski definition) is 1. The monoisotopic (exact) mass is 182 g/mol. The third-order valence-corrected chi connectivity index (χ3v) is 3.33. The number of hydrogen-bond donors (Lipinski definition) is 0. The summed E-state index contributed by atoms with van der Waals surface area (Å²) < 4.78 is 0. The minimum absolute atomic E-state index is 0.679. The maximum Gasteiger partial charge on any atom is 0.0265 e. The summed E-state index contributed by atoms with van der Waals surface area (Å²) in [6.45, 7) is 6.78. The van der Waals surface area contributed by atoms with Crippen LogP contribution < -0.4 is 0 Å². The maximum atomic E-state index is 2.39. The Morgan fingerprint density at radius 2 is 2.42 bits per heavy atom. The Hall–Kier alpha value is -0.170. The summed E-state index contributed by atoms with van der Waals surface area (Å²) >= 11 is 2.02. The first kappa shape index (κ1) is 9.91. The van der Waals surface area contributed by atoms with Crippen LogP contribution in [-0.2, 0) is 0 Å². The van der Waals surface area contributed by atoms with E-state index in [0.717, 1.165) is 5.92 Å². The molecule has 0 aromatic carbocycles. The van der Waals surface area contributed by atoms with Crippen molar-refractivity contribution >= 4 is 11.8 Å². The minimum Gasteiger partial charge on any atom is -0.154 e. The van der Waals surface area contributed by atoms with E-state index < -0.39 is 0 Å². The summed E-state index contributed by atoms with van der Waals surface area (Å²) in [5.41, 5.74) is 1.51. The van der Waals surface area contributed by atoms with E-state index in [1.165, 1.54) is 17.7 Å². The lowest BCUT2D eigenvalue weighted by Crippen LogP contribution is -2.04. The van der Waals surface area contributed by atoms with Gasteiger partial charge in [0.05, 0.1) is 0 Å². The van der Waals surface area contributed by atoms with Crippen LogP contribution in [0.2, 0.25) is 0 Å². The average molecular weight is 182 g/mol. The smallest absolute Gasteiger partial charge is 0.0265 e. The van der Waals surface area contributed by atoms with Gasteiger partial charge in [-0.2, -0.15) is 11.8 Å². The van der Waals surface area contributed by atoms with E-state index in [0.29, 0.717) is 5.25 Å². The molecule has 12 heavy (non-hydrogen) atoms. The molecule has 68 valence electrons. The molecule has 0 aromatic heterocycles. The van der Waals surface area contributed by atoms with Gasteiger partial charge in [-0.05, 0) is 30.6 Å². The molecule has 0 saturated carbocycles. The minimum atomic E-state index is 0.679. The van der Waals surface area contributed by atoms with Crippen LogP contribution in [0.3, 0.4) is 0 Å². The molecule has 0 bridgehead atoms. The zero-order valence-corrected chi connectivity index (χ0v) is 9.03. The molecule has 1 aliphatic carbocycles. The van der Waals surface area contributed by atoms with Crippen molar-refractivity contribution in [1.82, 2.24) is 0 Å². The van der Waals surface area contributed by atoms with Crippen molar-refractivity contribution < 1.29 is 0 Å². The van der Waals surface area contributed by atoms with Gasteiger partial charge in [0.25, 0.3) is 0 Å². The topological polar surface area (TPSA) is 0 Å². The van der Waals surface area contributed by atoms with Gasteiger partial charge in [0.15, 0.2) is 0 Å². The van der Waals surface area contributed by atoms with Gasteiger partial charge < -0.3 is 0 Å². The third kappa shape index (κ3) is 2.71. The Morgan fingerprint density at radius 1 is 1.67 bits per heavy atom. The lowest BCUT2D eigenvalue weighted by Gasteiger charge is -2.16. The van der Waals surface area contributed by atoms with Gasteiger partial charge in [-0.15, -0.1) is 0 Å². The maximum absolute atomic E-state index is 2.39. The van der Waals surface area contributed by atoms with E-state index in [1.807, 2.05) is 11.8 Å². The van der Waals surface area contributed by atoms with E-state index in [1.54, 1.807) is 0 Å². The molecule has 0 heterocycles. The van der Waals surface area contributed by atoms with Crippen LogP contribution in [0.15, 0.2) is 23.8 Å². The van der Waals surface area contributed by atoms with E-state index in [9.17, 15) is 0 Å². The quantitative estimate of drug-likeness (QED) is 0.642. The summed E-state index contributed by atoms with van der Waals surface area (Å²) in [4.78, 5) is 0. The number of thioether (sulfide) groups is 1. The highest BCUT2D eigenvalue weighted by Crippen LogP contribution is 2.24. The molecule has 0 aliphatic heterocycles. The third-order valence-electron chi connectivity index (χ3n) is 2.23. The van der Waals surface area contributed by atoms with Crippen molar-refractivity contribution in [1.29, 1.82) is 0 Å². The van der Waals surface area contributed by atoms with Gasteiger partial charge in [-0.25, -0.2) is 0 Å². The standard InChI is InChI=1S/C11H18S/c1-4-12-10(3)11-7-5-9(2)6-8-11/h5,7-10H,4,6H2,1-3H3. The van der Waals surface area contributed by atoms with Crippen molar-refractivity contribution in [3.8, 4) is 0 Å². The zero-order chi connectivity index (χ0) is 8.97. The largest absolute Gasteiger partial charge is 0.154 e. The van der Waals surface area contributed by atoms with Crippen LogP contribution in [-0.4, -0.2) is 11.0 Å². The molecule has 2 unspecified atom stereocenters. The fourth-order valence-corrected chi connectivity index (χ4v) is 2.26. The van der Waals surface area contributed by atoms with E-state index in [2.05, 4.69) is 39.0 Å². The normalized spacial score (nSPS) is 25.2. The van der Waals surface area contributed by atoms with Crippen molar-refractivity contribution in [3.63, 3.8) is 0 Å². The van der Waals surface area contributed by atoms with Crippen LogP contribution in [0.1, 0.15) is 27.2 Å². The second-order valence-corrected chi connectivity index (χ2v) is 4.99. The molecule has 0 spiro atoms. The summed E-state index contributed by atoms with van der Waals surface area (Å²) in [5.74, 6) is 1.95. The van der Waals surface area contributed by atoms with Crippen LogP contribution in [0, 0.1) is 5.92 Å². The predicted molar refractivity (Wildman–Crippen MR) is 58.6 cm³/mol. The SMILES string of the molecule is CCSC(C)C1=CCC(C)C=C1. The second-order valence-electron chi connectivity index (χ2n) is 3.37. The van der Waals surface area contributed by atoms with Gasteiger partial charge >= 0.3 is 0 Å². The highest BCUT2D eigenvalue weighted by molar-refractivity contribution is 8.00. The number of rotatable bonds is 3. The first-order valence-electron chi connectivity index (χ1n) is 4.74. The molecule has 1 rings (SSSR count). The molecule has 0 nitrogen and oxygen atoms in total. The molecule has 1 heteroatoms. The molecule has 0 fully saturated rings. The number of allylic oxidation sites excluding steroid dienone is 3. The Morgan fingerprint density at radius 3 is 2.92 bits per heavy atom. The summed E-state index contributed by atoms with van der Waals surface area (Å²) in [7, 11) is 0. The molecule has 0 radical (unpaired) electrons. The highest BCUT2D eigenvalue weighted by Gasteiger charge is 2.09. The molecule has 0 aromatic rings. The highest BCUT2D eigenvalue weighted by atomic mass is 32.2. The predicted octanol–water partition coefficient (Wildman–Crippen LogP) is 3.65. The van der Waals surface area contributed by atoms with Gasteiger partial charge in [0.1, 0.15) is 0 Å². The van der Waals surface area contributed by atoms with Crippen molar-refractivity contribution in [2.75, 3.05) is 5.75 Å². The van der Waals surface area contributed by atoms with Gasteiger partial charge in [-0.3, -0.25) is 0 Å². The second kappa shape index (κ2) is 4.76. The Balaban J connectivity index is 2.48. The lowest BCUT2D eigenvalue weighted by atomic mass is 9.97. The van der Waals surface area contributed by atoms with Crippen LogP contribution in [0.25, 0.3) is 0 Å². The Kier molecular flexibility index (Phi) is 3.93. The fraction of sp³-hybridized carbons (Fsp3) is 0.636. The van der Waals surface area contributed by atoms with Crippen molar-refractivity contribution in [3.05, 3.63) is 23.8 Å². The molecule has 0 saturated heterocycles. The van der Waals surface area contributed by atoms with Crippen LogP contribution in [0.4, 0.5) is 0 Å². The van der Waals surface area contributed by atoms with Crippen LogP contribution in [0.5, 0.6) is 0 Å². The molecular formula is C11H18S. The van der Waals surface area contributed by atoms with Gasteiger partial charge in [0.2, 0.25) is 0 Å². The average Bonchev–Trinajstić information content (AvgIpc) is 2.06. The molecule has 1 aliphatic rings. The fourth-order valence-electron chi connectivity index (χ4n) is 1.39. The van der Waals surface area contributed by atoms with Crippen molar-refractivity contribution in [2.45, 2.75) is 32.4 Å². The molecule has 0 amide bonds. The van der Waals surface area contributed by atoms with Crippen LogP contribution >= 0.6 is 11.8 Å². The van der Waals surface area contributed by atoms with E-state index >= 15 is 0 Å². The first-order valence-corrected chi connectivity index (χ1v) is 5.78. The van der Waals surface area contributed by atoms with Gasteiger partial charge in [-0.1, -0.05) is 32.1 Å². The summed E-state index contributed by atoms with van der Waals surface area (Å²) in [5, 5.41) is 0.679. The molecular weight excluding hydrogens is 164 g/mol. The summed E-state index contributed by atoms with van der Waals surface area (Å²) in [6.07, 6.45) is 8.22. The summed E-state index contributed by atoms with van der Waals surface area (Å²) in [6, 6.07) is 0. The Labute approximate surface area is 80.1 Å². The zero-order valence-electron chi connectivity index (χ0n) is 8.21. The molecule has 0 N–H and O–H groups in total. The lowest BCUT2D eigenvalue weighted by molar-refractivity contribution is 0.727. The van der Waals surface area contributed by atoms with Gasteiger partial charge in [0, 0.05) is 5.25 Å².